The van der Waals surface area contributed by atoms with Crippen molar-refractivity contribution >= 4 is 22.0 Å². The highest BCUT2D eigenvalue weighted by atomic mass is 79.9. The molecule has 0 aliphatic rings. The summed E-state index contributed by atoms with van der Waals surface area (Å²) >= 11 is 3.37. The fourth-order valence-corrected chi connectivity index (χ4v) is 2.23. The van der Waals surface area contributed by atoms with Crippen LogP contribution in [0, 0.1) is 5.82 Å². The molecule has 0 aliphatic carbocycles. The Labute approximate surface area is 137 Å². The first-order valence-electron chi connectivity index (χ1n) is 7.03. The number of hydrogen-bond donors (Lipinski definition) is 1. The van der Waals surface area contributed by atoms with Crippen molar-refractivity contribution < 1.29 is 13.9 Å². The van der Waals surface area contributed by atoms with Crippen molar-refractivity contribution in [3.63, 3.8) is 0 Å². The van der Waals surface area contributed by atoms with E-state index >= 15 is 0 Å². The first kappa shape index (κ1) is 16.5. The number of rotatable bonds is 6. The van der Waals surface area contributed by atoms with E-state index in [4.69, 9.17) is 4.74 Å². The van der Waals surface area contributed by atoms with Crippen LogP contribution in [0.3, 0.4) is 0 Å². The maximum absolute atomic E-state index is 13.0. The summed E-state index contributed by atoms with van der Waals surface area (Å²) in [6.45, 7) is 0.744. The number of carbonyl (C=O) groups excluding carboxylic acids is 1. The number of halogens is 2. The standard InChI is InChI=1S/C17H17BrFNO2/c18-15-6-4-13(5-7-15)9-11-22-17(21)20-10-8-14-2-1-3-16(19)12-14/h1-7,12H,8-11H2,(H,20,21). The van der Waals surface area contributed by atoms with Crippen molar-refractivity contribution in [2.75, 3.05) is 13.2 Å². The van der Waals surface area contributed by atoms with E-state index in [9.17, 15) is 9.18 Å². The third kappa shape index (κ3) is 5.85. The lowest BCUT2D eigenvalue weighted by atomic mass is 10.1. The van der Waals surface area contributed by atoms with Crippen molar-refractivity contribution in [1.82, 2.24) is 5.32 Å². The molecular weight excluding hydrogens is 349 g/mol. The third-order valence-electron chi connectivity index (χ3n) is 3.11. The monoisotopic (exact) mass is 365 g/mol. The predicted octanol–water partition coefficient (Wildman–Crippen LogP) is 4.10. The second-order valence-corrected chi connectivity index (χ2v) is 5.73. The van der Waals surface area contributed by atoms with Crippen molar-refractivity contribution in [2.24, 2.45) is 0 Å². The summed E-state index contributed by atoms with van der Waals surface area (Å²) in [6, 6.07) is 14.2. The quantitative estimate of drug-likeness (QED) is 0.836. The molecule has 3 nitrogen and oxygen atoms in total. The Morgan fingerprint density at radius 1 is 1.09 bits per heavy atom. The first-order valence-corrected chi connectivity index (χ1v) is 7.82. The number of benzene rings is 2. The van der Waals surface area contributed by atoms with Crippen LogP contribution in [0.1, 0.15) is 11.1 Å². The number of hydrogen-bond acceptors (Lipinski definition) is 2. The zero-order valence-electron chi connectivity index (χ0n) is 12.0. The van der Waals surface area contributed by atoms with Crippen LogP contribution in [-0.4, -0.2) is 19.2 Å². The fourth-order valence-electron chi connectivity index (χ4n) is 1.97. The highest BCUT2D eigenvalue weighted by molar-refractivity contribution is 9.10. The summed E-state index contributed by atoms with van der Waals surface area (Å²) in [7, 11) is 0. The topological polar surface area (TPSA) is 38.3 Å². The zero-order chi connectivity index (χ0) is 15.8. The van der Waals surface area contributed by atoms with Gasteiger partial charge in [0.1, 0.15) is 5.82 Å². The van der Waals surface area contributed by atoms with Crippen molar-refractivity contribution in [2.45, 2.75) is 12.8 Å². The van der Waals surface area contributed by atoms with E-state index in [1.807, 2.05) is 30.3 Å². The second kappa shape index (κ2) is 8.54. The minimum atomic E-state index is -0.450. The van der Waals surface area contributed by atoms with Gasteiger partial charge in [0.25, 0.3) is 0 Å². The molecule has 0 saturated heterocycles. The lowest BCUT2D eigenvalue weighted by Gasteiger charge is -2.07. The second-order valence-electron chi connectivity index (χ2n) is 4.82. The highest BCUT2D eigenvalue weighted by Crippen LogP contribution is 2.10. The number of ether oxygens (including phenoxy) is 1. The molecular formula is C17H17BrFNO2. The third-order valence-corrected chi connectivity index (χ3v) is 3.64. The van der Waals surface area contributed by atoms with E-state index in [2.05, 4.69) is 21.2 Å². The lowest BCUT2D eigenvalue weighted by Crippen LogP contribution is -2.27. The maximum atomic E-state index is 13.0. The van der Waals surface area contributed by atoms with Gasteiger partial charge in [0, 0.05) is 17.4 Å². The molecule has 2 aromatic rings. The Kier molecular flexibility index (Phi) is 6.40. The van der Waals surface area contributed by atoms with Crippen molar-refractivity contribution in [3.05, 3.63) is 69.9 Å². The summed E-state index contributed by atoms with van der Waals surface area (Å²) in [5.74, 6) is -0.269. The predicted molar refractivity (Wildman–Crippen MR) is 87.3 cm³/mol. The molecule has 2 aromatic carbocycles. The molecule has 0 saturated carbocycles. The van der Waals surface area contributed by atoms with Crippen molar-refractivity contribution in [3.8, 4) is 0 Å². The van der Waals surface area contributed by atoms with Gasteiger partial charge < -0.3 is 10.1 Å². The van der Waals surface area contributed by atoms with E-state index in [0.717, 1.165) is 15.6 Å². The molecule has 2 rings (SSSR count). The molecule has 0 unspecified atom stereocenters. The minimum Gasteiger partial charge on any atom is -0.449 e. The van der Waals surface area contributed by atoms with Gasteiger partial charge in [-0.05, 0) is 41.8 Å². The van der Waals surface area contributed by atoms with E-state index in [1.165, 1.54) is 12.1 Å². The Hall–Kier alpha value is -1.88. The Balaban J connectivity index is 1.62. The summed E-state index contributed by atoms with van der Waals surface area (Å²) in [5.41, 5.74) is 1.95. The molecule has 1 N–H and O–H groups in total. The van der Waals surface area contributed by atoms with Crippen LogP contribution in [0.15, 0.2) is 53.0 Å². The van der Waals surface area contributed by atoms with Gasteiger partial charge >= 0.3 is 6.09 Å². The highest BCUT2D eigenvalue weighted by Gasteiger charge is 2.02. The largest absolute Gasteiger partial charge is 0.449 e. The number of nitrogens with one attached hydrogen (secondary N) is 1. The molecule has 0 fully saturated rings. The van der Waals surface area contributed by atoms with E-state index in [-0.39, 0.29) is 5.82 Å². The molecule has 0 radical (unpaired) electrons. The fraction of sp³-hybridized carbons (Fsp3) is 0.235. The molecule has 22 heavy (non-hydrogen) atoms. The number of alkyl carbamates (subject to hydrolysis) is 1. The molecule has 0 aliphatic heterocycles. The molecule has 0 heterocycles. The number of carbonyl (C=O) groups is 1. The van der Waals surface area contributed by atoms with Gasteiger partial charge in [-0.1, -0.05) is 40.2 Å². The van der Waals surface area contributed by atoms with Crippen LogP contribution in [0.4, 0.5) is 9.18 Å². The summed E-state index contributed by atoms with van der Waals surface area (Å²) in [5, 5.41) is 2.65. The van der Waals surface area contributed by atoms with Crippen LogP contribution in [-0.2, 0) is 17.6 Å². The first-order chi connectivity index (χ1) is 10.6. The SMILES string of the molecule is O=C(NCCc1cccc(F)c1)OCCc1ccc(Br)cc1. The van der Waals surface area contributed by atoms with Crippen LogP contribution in [0.5, 0.6) is 0 Å². The van der Waals surface area contributed by atoms with Gasteiger partial charge in [0.15, 0.2) is 0 Å². The van der Waals surface area contributed by atoms with Gasteiger partial charge in [-0.15, -0.1) is 0 Å². The molecule has 116 valence electrons. The van der Waals surface area contributed by atoms with Crippen LogP contribution in [0.25, 0.3) is 0 Å². The van der Waals surface area contributed by atoms with Crippen LogP contribution < -0.4 is 5.32 Å². The molecule has 1 amide bonds. The molecule has 0 spiro atoms. The Morgan fingerprint density at radius 3 is 2.59 bits per heavy atom. The maximum Gasteiger partial charge on any atom is 0.407 e. The molecule has 5 heteroatoms. The van der Waals surface area contributed by atoms with Gasteiger partial charge in [-0.3, -0.25) is 0 Å². The Morgan fingerprint density at radius 2 is 1.86 bits per heavy atom. The van der Waals surface area contributed by atoms with Crippen molar-refractivity contribution in [1.29, 1.82) is 0 Å². The van der Waals surface area contributed by atoms with E-state index in [1.54, 1.807) is 6.07 Å². The van der Waals surface area contributed by atoms with Gasteiger partial charge in [0.2, 0.25) is 0 Å². The lowest BCUT2D eigenvalue weighted by molar-refractivity contribution is 0.147. The smallest absolute Gasteiger partial charge is 0.407 e. The molecule has 0 aromatic heterocycles. The number of amides is 1. The minimum absolute atomic E-state index is 0.269. The van der Waals surface area contributed by atoms with Crippen LogP contribution >= 0.6 is 15.9 Å². The summed E-state index contributed by atoms with van der Waals surface area (Å²) in [4.78, 5) is 11.5. The summed E-state index contributed by atoms with van der Waals surface area (Å²) < 4.78 is 19.1. The van der Waals surface area contributed by atoms with E-state index < -0.39 is 6.09 Å². The van der Waals surface area contributed by atoms with Gasteiger partial charge in [-0.25, -0.2) is 9.18 Å². The average molecular weight is 366 g/mol. The van der Waals surface area contributed by atoms with E-state index in [0.29, 0.717) is 26.0 Å². The van der Waals surface area contributed by atoms with Gasteiger partial charge in [0.05, 0.1) is 6.61 Å². The normalized spacial score (nSPS) is 10.3. The Bertz CT molecular complexity index is 616. The summed E-state index contributed by atoms with van der Waals surface area (Å²) in [6.07, 6.45) is 0.790. The van der Waals surface area contributed by atoms with Gasteiger partial charge in [-0.2, -0.15) is 0 Å². The average Bonchev–Trinajstić information content (AvgIpc) is 2.49. The molecule has 0 atom stereocenters. The zero-order valence-corrected chi connectivity index (χ0v) is 13.6. The molecule has 0 bridgehead atoms. The van der Waals surface area contributed by atoms with Crippen LogP contribution in [0.2, 0.25) is 0 Å².